The Morgan fingerprint density at radius 3 is 2.55 bits per heavy atom. The van der Waals surface area contributed by atoms with E-state index in [1.54, 1.807) is 16.2 Å². The van der Waals surface area contributed by atoms with E-state index in [4.69, 9.17) is 9.47 Å². The normalized spacial score (nSPS) is 15.9. The number of carbonyl (C=O) groups excluding carboxylic acids is 2. The van der Waals surface area contributed by atoms with Crippen LogP contribution in [0.3, 0.4) is 0 Å². The molecular formula is C36H41N3O4S. The Labute approximate surface area is 263 Å². The van der Waals surface area contributed by atoms with Crippen molar-refractivity contribution in [3.8, 4) is 5.75 Å². The lowest BCUT2D eigenvalue weighted by atomic mass is 10.1. The van der Waals surface area contributed by atoms with Gasteiger partial charge in [0.2, 0.25) is 5.78 Å². The van der Waals surface area contributed by atoms with E-state index in [0.717, 1.165) is 76.8 Å². The van der Waals surface area contributed by atoms with Crippen molar-refractivity contribution in [2.45, 2.75) is 71.1 Å². The van der Waals surface area contributed by atoms with Crippen molar-refractivity contribution in [2.75, 3.05) is 13.1 Å². The van der Waals surface area contributed by atoms with Gasteiger partial charge in [-0.2, -0.15) is 0 Å². The maximum absolute atomic E-state index is 13.7. The second kappa shape index (κ2) is 12.5. The number of carbonyl (C=O) groups is 2. The minimum atomic E-state index is -0.488. The number of benzene rings is 2. The Morgan fingerprint density at radius 2 is 1.77 bits per heavy atom. The summed E-state index contributed by atoms with van der Waals surface area (Å²) in [5.41, 5.74) is 4.43. The Balaban J connectivity index is 1.05. The number of nitrogens with zero attached hydrogens (tertiary/aromatic N) is 3. The molecule has 0 unspecified atom stereocenters. The second-order valence-electron chi connectivity index (χ2n) is 12.7. The summed E-state index contributed by atoms with van der Waals surface area (Å²) in [5.74, 6) is 0.928. The van der Waals surface area contributed by atoms with Crippen LogP contribution >= 0.6 is 11.3 Å². The van der Waals surface area contributed by atoms with Crippen LogP contribution in [0.25, 0.3) is 21.1 Å². The van der Waals surface area contributed by atoms with Crippen molar-refractivity contribution < 1.29 is 19.1 Å². The molecule has 1 saturated heterocycles. The molecule has 8 heteroatoms. The average molecular weight is 612 g/mol. The van der Waals surface area contributed by atoms with Gasteiger partial charge >= 0.3 is 6.09 Å². The molecule has 44 heavy (non-hydrogen) atoms. The van der Waals surface area contributed by atoms with Crippen LogP contribution in [0.2, 0.25) is 0 Å². The van der Waals surface area contributed by atoms with E-state index in [2.05, 4.69) is 46.3 Å². The minimum Gasteiger partial charge on any atom is -0.490 e. The number of rotatable bonds is 8. The van der Waals surface area contributed by atoms with Gasteiger partial charge in [-0.05, 0) is 87.7 Å². The molecule has 6 rings (SSSR count). The molecule has 4 heterocycles. The third-order valence-corrected chi connectivity index (χ3v) is 9.20. The lowest BCUT2D eigenvalue weighted by Crippen LogP contribution is -2.37. The van der Waals surface area contributed by atoms with Gasteiger partial charge in [0.05, 0.1) is 15.9 Å². The zero-order valence-electron chi connectivity index (χ0n) is 26.0. The predicted molar refractivity (Wildman–Crippen MR) is 177 cm³/mol. The van der Waals surface area contributed by atoms with Crippen LogP contribution in [-0.4, -0.2) is 50.7 Å². The Bertz CT molecular complexity index is 1770. The molecule has 0 spiro atoms. The second-order valence-corrected chi connectivity index (χ2v) is 13.7. The van der Waals surface area contributed by atoms with Crippen molar-refractivity contribution in [3.63, 3.8) is 0 Å². The maximum atomic E-state index is 13.7. The molecule has 0 bridgehead atoms. The number of amides is 1. The smallest absolute Gasteiger partial charge is 0.410 e. The van der Waals surface area contributed by atoms with Crippen molar-refractivity contribution in [2.24, 2.45) is 7.05 Å². The van der Waals surface area contributed by atoms with Gasteiger partial charge in [0.15, 0.2) is 0 Å². The molecule has 1 atom stereocenters. The minimum absolute atomic E-state index is 0.0626. The Morgan fingerprint density at radius 1 is 0.977 bits per heavy atom. The lowest BCUT2D eigenvalue weighted by molar-refractivity contribution is 0.0252. The average Bonchev–Trinajstić information content (AvgIpc) is 3.63. The molecule has 1 aliphatic heterocycles. The van der Waals surface area contributed by atoms with E-state index in [1.807, 2.05) is 62.8 Å². The molecule has 0 radical (unpaired) electrons. The zero-order valence-corrected chi connectivity index (χ0v) is 26.9. The summed E-state index contributed by atoms with van der Waals surface area (Å²) in [6, 6.07) is 20.7. The summed E-state index contributed by atoms with van der Waals surface area (Å²) < 4.78 is 17.2. The molecule has 0 N–H and O–H groups in total. The van der Waals surface area contributed by atoms with Gasteiger partial charge in [0, 0.05) is 55.8 Å². The number of para-hydroxylation sites is 1. The van der Waals surface area contributed by atoms with Crippen molar-refractivity contribution in [1.29, 1.82) is 0 Å². The highest BCUT2D eigenvalue weighted by molar-refractivity contribution is 7.17. The van der Waals surface area contributed by atoms with Crippen molar-refractivity contribution in [1.82, 2.24) is 14.0 Å². The summed E-state index contributed by atoms with van der Waals surface area (Å²) >= 11 is 1.66. The fourth-order valence-electron chi connectivity index (χ4n) is 6.09. The number of aryl methyl sites for hydroxylation is 3. The van der Waals surface area contributed by atoms with E-state index in [1.165, 1.54) is 5.56 Å². The van der Waals surface area contributed by atoms with Crippen LogP contribution in [-0.2, 0) is 24.8 Å². The van der Waals surface area contributed by atoms with Crippen molar-refractivity contribution in [3.05, 3.63) is 89.1 Å². The topological polar surface area (TPSA) is 65.7 Å². The molecule has 0 saturated carbocycles. The van der Waals surface area contributed by atoms with Crippen LogP contribution in [0.1, 0.15) is 68.1 Å². The highest BCUT2D eigenvalue weighted by Crippen LogP contribution is 2.29. The molecule has 3 aromatic heterocycles. The number of hydrogen-bond acceptors (Lipinski definition) is 5. The van der Waals surface area contributed by atoms with Crippen molar-refractivity contribution >= 4 is 44.3 Å². The van der Waals surface area contributed by atoms with Gasteiger partial charge in [0.25, 0.3) is 0 Å². The standard InChI is InChI=1S/C36H41N3O4S/c1-36(2,3)43-35(41)38-19-8-10-26(17-21-38)42-27-15-13-25(14-16-27)9-7-20-39-24-29(28-11-5-6-12-30(28)39)34(40)32-23-33-31(37(32)4)18-22-44-33/h5-6,11-16,18,22-24,26H,7-10,17,19-21H2,1-4H3/t26-/m0/s1. The van der Waals surface area contributed by atoms with Gasteiger partial charge in [0.1, 0.15) is 17.5 Å². The van der Waals surface area contributed by atoms with E-state index in [9.17, 15) is 9.59 Å². The maximum Gasteiger partial charge on any atom is 0.410 e. The van der Waals surface area contributed by atoms with E-state index < -0.39 is 5.60 Å². The first-order valence-electron chi connectivity index (χ1n) is 15.6. The highest BCUT2D eigenvalue weighted by Gasteiger charge is 2.26. The molecule has 7 nitrogen and oxygen atoms in total. The first kappa shape index (κ1) is 30.0. The van der Waals surface area contributed by atoms with E-state index in [0.29, 0.717) is 13.1 Å². The van der Waals surface area contributed by atoms with Gasteiger partial charge in [-0.25, -0.2) is 4.79 Å². The Hall–Kier alpha value is -4.04. The van der Waals surface area contributed by atoms with Gasteiger partial charge in [-0.1, -0.05) is 30.3 Å². The fraction of sp³-hybridized carbons (Fsp3) is 0.389. The summed E-state index contributed by atoms with van der Waals surface area (Å²) in [5, 5.41) is 3.06. The van der Waals surface area contributed by atoms with Crippen LogP contribution in [0.4, 0.5) is 4.79 Å². The number of aromatic nitrogens is 2. The van der Waals surface area contributed by atoms with Crippen LogP contribution in [0.15, 0.2) is 72.2 Å². The summed E-state index contributed by atoms with van der Waals surface area (Å²) in [4.78, 5) is 28.0. The zero-order chi connectivity index (χ0) is 30.8. The molecule has 0 aliphatic carbocycles. The van der Waals surface area contributed by atoms with Gasteiger partial charge < -0.3 is 23.5 Å². The largest absolute Gasteiger partial charge is 0.490 e. The molecule has 230 valence electrons. The first-order chi connectivity index (χ1) is 21.2. The summed E-state index contributed by atoms with van der Waals surface area (Å²) in [7, 11) is 1.97. The first-order valence-corrected chi connectivity index (χ1v) is 16.4. The quantitative estimate of drug-likeness (QED) is 0.166. The summed E-state index contributed by atoms with van der Waals surface area (Å²) in [6.07, 6.45) is 6.36. The Kier molecular flexibility index (Phi) is 8.54. The van der Waals surface area contributed by atoms with Crippen LogP contribution in [0.5, 0.6) is 5.75 Å². The third-order valence-electron chi connectivity index (χ3n) is 8.35. The molecular weight excluding hydrogens is 570 g/mol. The van der Waals surface area contributed by atoms with Gasteiger partial charge in [-0.15, -0.1) is 11.3 Å². The predicted octanol–water partition coefficient (Wildman–Crippen LogP) is 8.23. The van der Waals surface area contributed by atoms with Crippen LogP contribution < -0.4 is 4.74 Å². The monoisotopic (exact) mass is 611 g/mol. The van der Waals surface area contributed by atoms with Crippen LogP contribution in [0, 0.1) is 0 Å². The summed E-state index contributed by atoms with van der Waals surface area (Å²) in [6.45, 7) is 7.85. The fourth-order valence-corrected chi connectivity index (χ4v) is 6.94. The SMILES string of the molecule is Cn1c(C(=O)c2cn(CCCc3ccc(O[C@H]4CCCN(C(=O)OC(C)(C)C)CC4)cc3)c3ccccc23)cc2sccc21. The number of hydrogen-bond donors (Lipinski definition) is 0. The molecule has 1 aliphatic rings. The number of ether oxygens (including phenoxy) is 2. The van der Waals surface area contributed by atoms with E-state index in [-0.39, 0.29) is 18.0 Å². The number of thiophene rings is 1. The van der Waals surface area contributed by atoms with Gasteiger partial charge in [-0.3, -0.25) is 4.79 Å². The molecule has 5 aromatic rings. The number of ketones is 1. The van der Waals surface area contributed by atoms with E-state index >= 15 is 0 Å². The molecule has 1 fully saturated rings. The molecule has 1 amide bonds. The lowest BCUT2D eigenvalue weighted by Gasteiger charge is -2.26. The molecule has 2 aromatic carbocycles. The number of likely N-dealkylation sites (tertiary alicyclic amines) is 1. The third kappa shape index (κ3) is 6.55. The highest BCUT2D eigenvalue weighted by atomic mass is 32.1. The number of fused-ring (bicyclic) bond motifs is 2.